The smallest absolute Gasteiger partial charge is 0.208 e. The molecule has 2 aromatic heterocycles. The average Bonchev–Trinajstić information content (AvgIpc) is 3.03. The van der Waals surface area contributed by atoms with E-state index in [2.05, 4.69) is 37.4 Å². The summed E-state index contributed by atoms with van der Waals surface area (Å²) in [6.45, 7) is 11.4. The molecular weight excluding hydrogens is 479 g/mol. The van der Waals surface area contributed by atoms with Crippen molar-refractivity contribution >= 4 is 29.9 Å². The molecule has 0 radical (unpaired) electrons. The number of oxazole rings is 1. The van der Waals surface area contributed by atoms with Crippen LogP contribution in [0.2, 0.25) is 0 Å². The first-order valence-electron chi connectivity index (χ1n) is 10.2. The summed E-state index contributed by atoms with van der Waals surface area (Å²) in [5.41, 5.74) is 1.97. The molecule has 8 heteroatoms. The maximum Gasteiger partial charge on any atom is 0.208 e. The number of nitrogens with zero attached hydrogens (tertiary/aromatic N) is 4. The number of nitrogens with one attached hydrogen (secondary N) is 2. The fourth-order valence-corrected chi connectivity index (χ4v) is 3.38. The van der Waals surface area contributed by atoms with E-state index in [0.29, 0.717) is 12.5 Å². The van der Waals surface area contributed by atoms with Crippen LogP contribution >= 0.6 is 24.0 Å². The third kappa shape index (κ3) is 7.58. The van der Waals surface area contributed by atoms with Crippen molar-refractivity contribution < 1.29 is 4.42 Å². The Kier molecular flexibility index (Phi) is 9.86. The van der Waals surface area contributed by atoms with Gasteiger partial charge in [0.1, 0.15) is 5.76 Å². The standard InChI is InChI=1S/C21H32N6O.HI/c1-4-22-21(25-14-19-7-5-6-10-23-19)24-13-18-8-11-27(12-9-18)15-20-26-16(2)17(3)28-20;/h5-7,10,18H,4,8-9,11-15H2,1-3H3,(H2,22,24,25);1H. The molecule has 0 spiro atoms. The Balaban J connectivity index is 0.00000300. The van der Waals surface area contributed by atoms with E-state index in [1.54, 1.807) is 6.20 Å². The lowest BCUT2D eigenvalue weighted by Crippen LogP contribution is -2.42. The number of aromatic nitrogens is 2. The van der Waals surface area contributed by atoms with Gasteiger partial charge in [-0.2, -0.15) is 0 Å². The van der Waals surface area contributed by atoms with Crippen molar-refractivity contribution in [2.24, 2.45) is 10.9 Å². The summed E-state index contributed by atoms with van der Waals surface area (Å²) in [7, 11) is 0. The molecule has 0 aliphatic carbocycles. The molecule has 1 aliphatic heterocycles. The summed E-state index contributed by atoms with van der Waals surface area (Å²) in [5, 5.41) is 6.82. The van der Waals surface area contributed by atoms with E-state index in [-0.39, 0.29) is 24.0 Å². The van der Waals surface area contributed by atoms with E-state index >= 15 is 0 Å². The Morgan fingerprint density at radius 3 is 2.66 bits per heavy atom. The van der Waals surface area contributed by atoms with Crippen LogP contribution in [-0.2, 0) is 13.1 Å². The number of aliphatic imine (C=N–C) groups is 1. The molecule has 0 atom stereocenters. The van der Waals surface area contributed by atoms with Crippen LogP contribution in [0.3, 0.4) is 0 Å². The molecule has 2 aromatic rings. The molecule has 0 unspecified atom stereocenters. The number of hydrogen-bond acceptors (Lipinski definition) is 5. The normalized spacial score (nSPS) is 15.8. The predicted octanol–water partition coefficient (Wildman–Crippen LogP) is 3.27. The van der Waals surface area contributed by atoms with Gasteiger partial charge in [-0.1, -0.05) is 6.07 Å². The van der Waals surface area contributed by atoms with E-state index in [1.165, 1.54) is 12.8 Å². The maximum absolute atomic E-state index is 5.72. The van der Waals surface area contributed by atoms with E-state index in [1.807, 2.05) is 32.0 Å². The van der Waals surface area contributed by atoms with Gasteiger partial charge >= 0.3 is 0 Å². The van der Waals surface area contributed by atoms with Crippen LogP contribution in [-0.4, -0.2) is 47.0 Å². The fourth-order valence-electron chi connectivity index (χ4n) is 3.38. The molecule has 0 bridgehead atoms. The van der Waals surface area contributed by atoms with Crippen LogP contribution in [0.1, 0.15) is 42.8 Å². The van der Waals surface area contributed by atoms with Crippen LogP contribution in [0.4, 0.5) is 0 Å². The first kappa shape index (κ1) is 23.6. The summed E-state index contributed by atoms with van der Waals surface area (Å²) >= 11 is 0. The summed E-state index contributed by atoms with van der Waals surface area (Å²) in [6.07, 6.45) is 4.15. The number of piperidine rings is 1. The zero-order chi connectivity index (χ0) is 19.8. The average molecular weight is 512 g/mol. The number of rotatable bonds is 7. The predicted molar refractivity (Wildman–Crippen MR) is 126 cm³/mol. The minimum Gasteiger partial charge on any atom is -0.444 e. The van der Waals surface area contributed by atoms with Crippen molar-refractivity contribution in [2.75, 3.05) is 26.2 Å². The summed E-state index contributed by atoms with van der Waals surface area (Å²) < 4.78 is 5.72. The van der Waals surface area contributed by atoms with Crippen molar-refractivity contribution in [3.63, 3.8) is 0 Å². The highest BCUT2D eigenvalue weighted by Crippen LogP contribution is 2.19. The number of guanidine groups is 1. The number of hydrogen-bond donors (Lipinski definition) is 2. The van der Waals surface area contributed by atoms with Gasteiger partial charge in [-0.3, -0.25) is 9.88 Å². The van der Waals surface area contributed by atoms with Gasteiger partial charge in [-0.25, -0.2) is 9.98 Å². The van der Waals surface area contributed by atoms with Crippen molar-refractivity contribution in [3.8, 4) is 0 Å². The van der Waals surface area contributed by atoms with Gasteiger partial charge in [0.05, 0.1) is 24.5 Å². The highest BCUT2D eigenvalue weighted by atomic mass is 127. The van der Waals surface area contributed by atoms with Crippen molar-refractivity contribution in [3.05, 3.63) is 47.4 Å². The van der Waals surface area contributed by atoms with Crippen molar-refractivity contribution in [1.29, 1.82) is 0 Å². The Bertz CT molecular complexity index is 736. The molecule has 160 valence electrons. The number of aryl methyl sites for hydroxylation is 2. The third-order valence-corrected chi connectivity index (χ3v) is 5.17. The highest BCUT2D eigenvalue weighted by molar-refractivity contribution is 14.0. The summed E-state index contributed by atoms with van der Waals surface area (Å²) in [6, 6.07) is 5.92. The Labute approximate surface area is 190 Å². The van der Waals surface area contributed by atoms with Gasteiger partial charge in [0.25, 0.3) is 0 Å². The van der Waals surface area contributed by atoms with Gasteiger partial charge in [0.15, 0.2) is 5.96 Å². The second-order valence-electron chi connectivity index (χ2n) is 7.37. The maximum atomic E-state index is 5.72. The quantitative estimate of drug-likeness (QED) is 0.337. The topological polar surface area (TPSA) is 78.6 Å². The lowest BCUT2D eigenvalue weighted by atomic mass is 9.97. The van der Waals surface area contributed by atoms with Crippen LogP contribution in [0.5, 0.6) is 0 Å². The van der Waals surface area contributed by atoms with Gasteiger partial charge < -0.3 is 15.1 Å². The monoisotopic (exact) mass is 512 g/mol. The van der Waals surface area contributed by atoms with E-state index in [9.17, 15) is 0 Å². The molecule has 0 saturated carbocycles. The fraction of sp³-hybridized carbons (Fsp3) is 0.571. The Morgan fingerprint density at radius 2 is 2.03 bits per heavy atom. The lowest BCUT2D eigenvalue weighted by molar-refractivity contribution is 0.164. The number of halogens is 1. The molecule has 3 heterocycles. The van der Waals surface area contributed by atoms with Gasteiger partial charge in [-0.15, -0.1) is 24.0 Å². The van der Waals surface area contributed by atoms with Crippen LogP contribution in [0, 0.1) is 19.8 Å². The third-order valence-electron chi connectivity index (χ3n) is 5.17. The van der Waals surface area contributed by atoms with E-state index in [4.69, 9.17) is 4.42 Å². The minimum atomic E-state index is 0. The molecule has 29 heavy (non-hydrogen) atoms. The van der Waals surface area contributed by atoms with Gasteiger partial charge in [-0.05, 0) is 64.8 Å². The molecular formula is C21H33IN6O. The number of pyridine rings is 1. The van der Waals surface area contributed by atoms with E-state index in [0.717, 1.165) is 61.7 Å². The first-order valence-corrected chi connectivity index (χ1v) is 10.2. The van der Waals surface area contributed by atoms with Crippen LogP contribution < -0.4 is 10.6 Å². The molecule has 1 aliphatic rings. The first-order chi connectivity index (χ1) is 13.6. The summed E-state index contributed by atoms with van der Waals surface area (Å²) in [5.74, 6) is 3.28. The zero-order valence-electron chi connectivity index (χ0n) is 17.6. The second kappa shape index (κ2) is 12.1. The molecule has 0 aromatic carbocycles. The second-order valence-corrected chi connectivity index (χ2v) is 7.37. The summed E-state index contributed by atoms with van der Waals surface area (Å²) in [4.78, 5) is 15.9. The SMILES string of the molecule is CCNC(=NCc1ccccn1)NCC1CCN(Cc2nc(C)c(C)o2)CC1.I. The molecule has 7 nitrogen and oxygen atoms in total. The van der Waals surface area contributed by atoms with Crippen molar-refractivity contribution in [2.45, 2.75) is 46.7 Å². The Morgan fingerprint density at radius 1 is 1.24 bits per heavy atom. The van der Waals surface area contributed by atoms with Crippen molar-refractivity contribution in [1.82, 2.24) is 25.5 Å². The number of likely N-dealkylation sites (tertiary alicyclic amines) is 1. The minimum absolute atomic E-state index is 0. The zero-order valence-corrected chi connectivity index (χ0v) is 20.0. The van der Waals surface area contributed by atoms with Crippen LogP contribution in [0.15, 0.2) is 33.8 Å². The largest absolute Gasteiger partial charge is 0.444 e. The molecule has 2 N–H and O–H groups in total. The van der Waals surface area contributed by atoms with Gasteiger partial charge in [0.2, 0.25) is 5.89 Å². The van der Waals surface area contributed by atoms with Gasteiger partial charge in [0, 0.05) is 19.3 Å². The lowest BCUT2D eigenvalue weighted by Gasteiger charge is -2.31. The molecule has 1 fully saturated rings. The Hall–Kier alpha value is -1.68. The molecule has 3 rings (SSSR count). The van der Waals surface area contributed by atoms with E-state index < -0.39 is 0 Å². The van der Waals surface area contributed by atoms with Crippen LogP contribution in [0.25, 0.3) is 0 Å². The highest BCUT2D eigenvalue weighted by Gasteiger charge is 2.21. The molecule has 0 amide bonds. The molecule has 1 saturated heterocycles.